The summed E-state index contributed by atoms with van der Waals surface area (Å²) in [6, 6.07) is 0. The molecule has 1 rings (SSSR count). The molecule has 1 unspecified atom stereocenters. The van der Waals surface area contributed by atoms with Crippen LogP contribution in [0.1, 0.15) is 6.42 Å². The second-order valence-electron chi connectivity index (χ2n) is 1.94. The Balaban J connectivity index is 2.19. The van der Waals surface area contributed by atoms with Gasteiger partial charge in [0.15, 0.2) is 0 Å². The van der Waals surface area contributed by atoms with Crippen LogP contribution in [0.25, 0.3) is 0 Å². The fourth-order valence-electron chi connectivity index (χ4n) is 0.719. The molecule has 1 aliphatic rings. The molecule has 1 radical (unpaired) electrons. The van der Waals surface area contributed by atoms with E-state index < -0.39 is 17.2 Å². The number of thioether (sulfide) groups is 1. The SMILES string of the molecule is O=C(O)N[SH]1[CH]SCCC1. The molecule has 1 amide bonds. The second kappa shape index (κ2) is 3.98. The standard InChI is InChI=1S/C5H10NO2S2/c7-5(8)6-10-3-1-2-9-4-10/h4,6,10H,1-3H2,(H,7,8). The predicted octanol–water partition coefficient (Wildman–Crippen LogP) is 1.43. The number of carbonyl (C=O) groups is 1. The lowest BCUT2D eigenvalue weighted by Crippen LogP contribution is -2.20. The Morgan fingerprint density at radius 1 is 1.80 bits per heavy atom. The number of amides is 1. The molecule has 0 spiro atoms. The van der Waals surface area contributed by atoms with E-state index in [9.17, 15) is 4.79 Å². The van der Waals surface area contributed by atoms with Crippen LogP contribution in [0.3, 0.4) is 0 Å². The Kier molecular flexibility index (Phi) is 3.21. The highest BCUT2D eigenvalue weighted by molar-refractivity contribution is 8.29. The molecule has 0 bridgehead atoms. The van der Waals surface area contributed by atoms with Gasteiger partial charge in [0.05, 0.1) is 5.08 Å². The highest BCUT2D eigenvalue weighted by Gasteiger charge is 2.11. The van der Waals surface area contributed by atoms with Gasteiger partial charge in [-0.05, 0) is 17.9 Å². The van der Waals surface area contributed by atoms with E-state index in [2.05, 4.69) is 4.72 Å². The minimum absolute atomic E-state index is 0.523. The van der Waals surface area contributed by atoms with Crippen LogP contribution >= 0.6 is 22.8 Å². The van der Waals surface area contributed by atoms with E-state index in [1.165, 1.54) is 0 Å². The maximum absolute atomic E-state index is 10.1. The third-order valence-electron chi connectivity index (χ3n) is 1.10. The van der Waals surface area contributed by atoms with E-state index in [0.717, 1.165) is 17.9 Å². The van der Waals surface area contributed by atoms with Gasteiger partial charge in [-0.3, -0.25) is 4.72 Å². The zero-order valence-corrected chi connectivity index (χ0v) is 7.12. The van der Waals surface area contributed by atoms with Gasteiger partial charge in [0, 0.05) is 0 Å². The van der Waals surface area contributed by atoms with Crippen LogP contribution in [-0.2, 0) is 0 Å². The van der Waals surface area contributed by atoms with Crippen LogP contribution in [0, 0.1) is 5.08 Å². The van der Waals surface area contributed by atoms with Crippen LogP contribution in [0.4, 0.5) is 4.79 Å². The Morgan fingerprint density at radius 3 is 3.10 bits per heavy atom. The summed E-state index contributed by atoms with van der Waals surface area (Å²) in [6.45, 7) is 0. The maximum Gasteiger partial charge on any atom is 0.413 e. The van der Waals surface area contributed by atoms with Crippen LogP contribution < -0.4 is 4.72 Å². The van der Waals surface area contributed by atoms with E-state index >= 15 is 0 Å². The first kappa shape index (κ1) is 8.07. The number of nitrogens with one attached hydrogen (secondary N) is 1. The molecule has 59 valence electrons. The highest BCUT2D eigenvalue weighted by atomic mass is 32.3. The molecular formula is C5H10NO2S2. The molecule has 1 atom stereocenters. The topological polar surface area (TPSA) is 49.3 Å². The molecular weight excluding hydrogens is 170 g/mol. The molecule has 2 N–H and O–H groups in total. The van der Waals surface area contributed by atoms with E-state index in [1.54, 1.807) is 11.8 Å². The number of hydrogen-bond donors (Lipinski definition) is 3. The Hall–Kier alpha value is -0.0300. The molecule has 1 aliphatic heterocycles. The van der Waals surface area contributed by atoms with Crippen molar-refractivity contribution >= 4 is 28.9 Å². The smallest absolute Gasteiger partial charge is 0.413 e. The third-order valence-corrected chi connectivity index (χ3v) is 4.52. The van der Waals surface area contributed by atoms with Crippen molar-refractivity contribution in [3.8, 4) is 0 Å². The largest absolute Gasteiger partial charge is 0.464 e. The lowest BCUT2D eigenvalue weighted by Gasteiger charge is -2.24. The molecule has 1 heterocycles. The Labute approximate surface area is 67.0 Å². The summed E-state index contributed by atoms with van der Waals surface area (Å²) >= 11 is 1.20. The summed E-state index contributed by atoms with van der Waals surface area (Å²) in [7, 11) is 0. The summed E-state index contributed by atoms with van der Waals surface area (Å²) in [6.07, 6.45) is 0.234. The van der Waals surface area contributed by atoms with Gasteiger partial charge in [-0.2, -0.15) is 11.1 Å². The van der Waals surface area contributed by atoms with Crippen LogP contribution in [-0.4, -0.2) is 22.7 Å². The average molecular weight is 180 g/mol. The summed E-state index contributed by atoms with van der Waals surface area (Å²) < 4.78 is 2.49. The first-order chi connectivity index (χ1) is 4.79. The first-order valence-corrected chi connectivity index (χ1v) is 5.64. The molecule has 0 aromatic carbocycles. The summed E-state index contributed by atoms with van der Waals surface area (Å²) in [5, 5.41) is 10.4. The van der Waals surface area contributed by atoms with Gasteiger partial charge in [-0.15, -0.1) is 11.8 Å². The number of carboxylic acid groups (broad SMARTS) is 1. The monoisotopic (exact) mass is 180 g/mol. The number of hydrogen-bond acceptors (Lipinski definition) is 2. The van der Waals surface area contributed by atoms with Crippen molar-refractivity contribution in [2.45, 2.75) is 6.42 Å². The van der Waals surface area contributed by atoms with E-state index in [4.69, 9.17) is 5.11 Å². The van der Waals surface area contributed by atoms with Crippen molar-refractivity contribution < 1.29 is 9.90 Å². The molecule has 0 aromatic rings. The maximum atomic E-state index is 10.1. The quantitative estimate of drug-likeness (QED) is 0.535. The van der Waals surface area contributed by atoms with Gasteiger partial charge in [0.2, 0.25) is 0 Å². The molecule has 3 nitrogen and oxygen atoms in total. The van der Waals surface area contributed by atoms with Crippen molar-refractivity contribution in [1.82, 2.24) is 4.72 Å². The molecule has 10 heavy (non-hydrogen) atoms. The molecule has 0 saturated carbocycles. The van der Waals surface area contributed by atoms with Gasteiger partial charge < -0.3 is 5.11 Å². The summed E-state index contributed by atoms with van der Waals surface area (Å²) in [5.74, 6) is 2.15. The van der Waals surface area contributed by atoms with Crippen molar-refractivity contribution in [3.63, 3.8) is 0 Å². The van der Waals surface area contributed by atoms with Crippen molar-refractivity contribution in [1.29, 1.82) is 0 Å². The minimum Gasteiger partial charge on any atom is -0.464 e. The summed E-state index contributed by atoms with van der Waals surface area (Å²) in [4.78, 5) is 10.1. The fourth-order valence-corrected chi connectivity index (χ4v) is 3.87. The van der Waals surface area contributed by atoms with Gasteiger partial charge in [0.25, 0.3) is 0 Å². The lowest BCUT2D eigenvalue weighted by molar-refractivity contribution is 0.201. The van der Waals surface area contributed by atoms with Crippen molar-refractivity contribution in [2.24, 2.45) is 0 Å². The lowest BCUT2D eigenvalue weighted by atomic mass is 10.6. The van der Waals surface area contributed by atoms with Gasteiger partial charge >= 0.3 is 6.09 Å². The molecule has 0 aliphatic carbocycles. The Bertz CT molecular complexity index is 125. The zero-order chi connectivity index (χ0) is 7.40. The normalized spacial score (nSPS) is 29.4. The molecule has 1 fully saturated rings. The molecule has 5 heteroatoms. The fraction of sp³-hybridized carbons (Fsp3) is 0.600. The van der Waals surface area contributed by atoms with Gasteiger partial charge in [-0.1, -0.05) is 0 Å². The summed E-state index contributed by atoms with van der Waals surface area (Å²) in [5.41, 5.74) is 0. The van der Waals surface area contributed by atoms with E-state index in [1.807, 2.05) is 5.08 Å². The van der Waals surface area contributed by atoms with Crippen molar-refractivity contribution in [3.05, 3.63) is 5.08 Å². The van der Waals surface area contributed by atoms with Crippen LogP contribution in [0.15, 0.2) is 0 Å². The second-order valence-corrected chi connectivity index (χ2v) is 5.14. The number of rotatable bonds is 1. The minimum atomic E-state index is -0.898. The third kappa shape index (κ3) is 2.70. The van der Waals surface area contributed by atoms with Gasteiger partial charge in [0.1, 0.15) is 0 Å². The van der Waals surface area contributed by atoms with Crippen LogP contribution in [0.2, 0.25) is 0 Å². The molecule has 1 saturated heterocycles. The first-order valence-electron chi connectivity index (χ1n) is 3.00. The molecule has 0 aromatic heterocycles. The average Bonchev–Trinajstić information content (AvgIpc) is 1.88. The Morgan fingerprint density at radius 2 is 2.60 bits per heavy atom. The van der Waals surface area contributed by atoms with E-state index in [0.29, 0.717) is 0 Å². The highest BCUT2D eigenvalue weighted by Crippen LogP contribution is 2.36. The van der Waals surface area contributed by atoms with E-state index in [-0.39, 0.29) is 0 Å². The van der Waals surface area contributed by atoms with Crippen LogP contribution in [0.5, 0.6) is 0 Å². The predicted molar refractivity (Wildman–Crippen MR) is 46.4 cm³/mol. The number of thiol groups is 1. The van der Waals surface area contributed by atoms with Gasteiger partial charge in [-0.25, -0.2) is 4.79 Å². The zero-order valence-electron chi connectivity index (χ0n) is 5.41. The van der Waals surface area contributed by atoms with Crippen molar-refractivity contribution in [2.75, 3.05) is 11.5 Å².